The zero-order valence-corrected chi connectivity index (χ0v) is 12.4. The first-order chi connectivity index (χ1) is 8.97. The van der Waals surface area contributed by atoms with Gasteiger partial charge in [-0.2, -0.15) is 0 Å². The summed E-state index contributed by atoms with van der Waals surface area (Å²) in [6.07, 6.45) is 0. The Morgan fingerprint density at radius 1 is 1.11 bits per heavy atom. The summed E-state index contributed by atoms with van der Waals surface area (Å²) in [4.78, 5) is 0. The van der Waals surface area contributed by atoms with Crippen LogP contribution >= 0.6 is 15.9 Å². The molecule has 100 valence electrons. The third kappa shape index (κ3) is 3.20. The number of phenols is 2. The quantitative estimate of drug-likeness (QED) is 0.737. The highest BCUT2D eigenvalue weighted by Gasteiger charge is 2.11. The van der Waals surface area contributed by atoms with E-state index in [1.807, 2.05) is 32.0 Å². The van der Waals surface area contributed by atoms with Crippen molar-refractivity contribution in [3.05, 3.63) is 52.0 Å². The molecule has 1 atom stereocenters. The molecule has 0 aliphatic heterocycles. The van der Waals surface area contributed by atoms with E-state index in [4.69, 9.17) is 0 Å². The summed E-state index contributed by atoms with van der Waals surface area (Å²) in [6, 6.07) is 10.4. The van der Waals surface area contributed by atoms with Gasteiger partial charge >= 0.3 is 0 Å². The summed E-state index contributed by atoms with van der Waals surface area (Å²) in [5, 5.41) is 22.6. The van der Waals surface area contributed by atoms with Crippen molar-refractivity contribution in [1.82, 2.24) is 0 Å². The lowest BCUT2D eigenvalue weighted by molar-refractivity contribution is 0.451. The lowest BCUT2D eigenvalue weighted by Crippen LogP contribution is -2.06. The van der Waals surface area contributed by atoms with Crippen LogP contribution in [-0.4, -0.2) is 10.2 Å². The van der Waals surface area contributed by atoms with E-state index in [1.54, 1.807) is 6.07 Å². The van der Waals surface area contributed by atoms with Crippen LogP contribution in [0.1, 0.15) is 24.1 Å². The van der Waals surface area contributed by atoms with Crippen molar-refractivity contribution < 1.29 is 10.2 Å². The molecule has 0 spiro atoms. The minimum Gasteiger partial charge on any atom is -0.508 e. The first-order valence-corrected chi connectivity index (χ1v) is 6.81. The second kappa shape index (κ2) is 5.53. The van der Waals surface area contributed by atoms with Crippen LogP contribution in [0.25, 0.3) is 0 Å². The number of halogens is 1. The number of nitrogens with one attached hydrogen (secondary N) is 1. The molecule has 0 radical (unpaired) electrons. The standard InChI is InChI=1S/C15H16BrNO2/c1-9-3-4-11(7-14(9)16)17-10(2)13-8-12(18)5-6-15(13)19/h3-8,10,17-19H,1-2H3. The van der Waals surface area contributed by atoms with E-state index in [-0.39, 0.29) is 17.5 Å². The van der Waals surface area contributed by atoms with Gasteiger partial charge in [-0.3, -0.25) is 0 Å². The summed E-state index contributed by atoms with van der Waals surface area (Å²) >= 11 is 3.49. The molecule has 0 amide bonds. The van der Waals surface area contributed by atoms with E-state index >= 15 is 0 Å². The Morgan fingerprint density at radius 3 is 2.53 bits per heavy atom. The topological polar surface area (TPSA) is 52.5 Å². The molecule has 0 fully saturated rings. The van der Waals surface area contributed by atoms with Gasteiger partial charge in [0.05, 0.1) is 6.04 Å². The van der Waals surface area contributed by atoms with Gasteiger partial charge in [0.15, 0.2) is 0 Å². The van der Waals surface area contributed by atoms with E-state index in [0.717, 1.165) is 10.2 Å². The first kappa shape index (κ1) is 13.7. The van der Waals surface area contributed by atoms with E-state index in [9.17, 15) is 10.2 Å². The molecule has 2 aromatic rings. The lowest BCUT2D eigenvalue weighted by Gasteiger charge is -2.17. The second-order valence-electron chi connectivity index (χ2n) is 4.57. The van der Waals surface area contributed by atoms with Crippen LogP contribution < -0.4 is 5.32 Å². The number of hydrogen-bond donors (Lipinski definition) is 3. The van der Waals surface area contributed by atoms with Gasteiger partial charge in [-0.1, -0.05) is 22.0 Å². The predicted octanol–water partition coefficient (Wildman–Crippen LogP) is 4.34. The summed E-state index contributed by atoms with van der Waals surface area (Å²) in [5.74, 6) is 0.315. The van der Waals surface area contributed by atoms with Crippen molar-refractivity contribution in [2.24, 2.45) is 0 Å². The fraction of sp³-hybridized carbons (Fsp3) is 0.200. The highest BCUT2D eigenvalue weighted by Crippen LogP contribution is 2.31. The Bertz CT molecular complexity index is 599. The molecule has 0 bridgehead atoms. The Labute approximate surface area is 121 Å². The van der Waals surface area contributed by atoms with Crippen molar-refractivity contribution in [2.75, 3.05) is 5.32 Å². The molecule has 3 N–H and O–H groups in total. The third-order valence-corrected chi connectivity index (χ3v) is 3.89. The highest BCUT2D eigenvalue weighted by atomic mass is 79.9. The smallest absolute Gasteiger partial charge is 0.121 e. The monoisotopic (exact) mass is 321 g/mol. The molecule has 0 aliphatic rings. The van der Waals surface area contributed by atoms with Gasteiger partial charge in [-0.05, 0) is 49.7 Å². The molecule has 0 saturated carbocycles. The molecule has 19 heavy (non-hydrogen) atoms. The van der Waals surface area contributed by atoms with Crippen LogP contribution in [-0.2, 0) is 0 Å². The molecule has 3 nitrogen and oxygen atoms in total. The third-order valence-electron chi connectivity index (χ3n) is 3.03. The van der Waals surface area contributed by atoms with Crippen molar-refractivity contribution in [3.63, 3.8) is 0 Å². The number of rotatable bonds is 3. The SMILES string of the molecule is Cc1ccc(NC(C)c2cc(O)ccc2O)cc1Br. The Hall–Kier alpha value is -1.68. The molecule has 4 heteroatoms. The minimum absolute atomic E-state index is 0.110. The maximum Gasteiger partial charge on any atom is 0.121 e. The summed E-state index contributed by atoms with van der Waals surface area (Å²) in [7, 11) is 0. The van der Waals surface area contributed by atoms with E-state index in [1.165, 1.54) is 17.7 Å². The number of benzene rings is 2. The molecule has 0 saturated heterocycles. The number of hydrogen-bond acceptors (Lipinski definition) is 3. The highest BCUT2D eigenvalue weighted by molar-refractivity contribution is 9.10. The van der Waals surface area contributed by atoms with E-state index in [0.29, 0.717) is 5.56 Å². The number of phenolic OH excluding ortho intramolecular Hbond substituents is 2. The molecular weight excluding hydrogens is 306 g/mol. The zero-order valence-electron chi connectivity index (χ0n) is 10.8. The van der Waals surface area contributed by atoms with Crippen LogP contribution in [0.15, 0.2) is 40.9 Å². The fourth-order valence-electron chi connectivity index (χ4n) is 1.90. The van der Waals surface area contributed by atoms with Crippen LogP contribution in [0, 0.1) is 6.92 Å². The number of aryl methyl sites for hydroxylation is 1. The normalized spacial score (nSPS) is 12.2. The maximum absolute atomic E-state index is 9.82. The van der Waals surface area contributed by atoms with Crippen molar-refractivity contribution >= 4 is 21.6 Å². The van der Waals surface area contributed by atoms with Crippen LogP contribution in [0.3, 0.4) is 0 Å². The van der Waals surface area contributed by atoms with Gasteiger partial charge < -0.3 is 15.5 Å². The molecule has 2 rings (SSSR count). The average molecular weight is 322 g/mol. The summed E-state index contributed by atoms with van der Waals surface area (Å²) in [6.45, 7) is 3.96. The van der Waals surface area contributed by atoms with Gasteiger partial charge in [-0.25, -0.2) is 0 Å². The molecule has 0 aliphatic carbocycles. The largest absolute Gasteiger partial charge is 0.508 e. The van der Waals surface area contributed by atoms with Crippen molar-refractivity contribution in [1.29, 1.82) is 0 Å². The molecule has 0 aromatic heterocycles. The lowest BCUT2D eigenvalue weighted by atomic mass is 10.1. The van der Waals surface area contributed by atoms with Crippen LogP contribution in [0.5, 0.6) is 11.5 Å². The van der Waals surface area contributed by atoms with E-state index in [2.05, 4.69) is 21.2 Å². The molecule has 0 heterocycles. The van der Waals surface area contributed by atoms with E-state index < -0.39 is 0 Å². The fourth-order valence-corrected chi connectivity index (χ4v) is 2.28. The van der Waals surface area contributed by atoms with Crippen LogP contribution in [0.4, 0.5) is 5.69 Å². The Kier molecular flexibility index (Phi) is 4.00. The van der Waals surface area contributed by atoms with Crippen molar-refractivity contribution in [2.45, 2.75) is 19.9 Å². The minimum atomic E-state index is -0.110. The van der Waals surface area contributed by atoms with Crippen LogP contribution in [0.2, 0.25) is 0 Å². The summed E-state index contributed by atoms with van der Waals surface area (Å²) in [5.41, 5.74) is 2.78. The second-order valence-corrected chi connectivity index (χ2v) is 5.43. The Morgan fingerprint density at radius 2 is 1.84 bits per heavy atom. The van der Waals surface area contributed by atoms with Gasteiger partial charge in [-0.15, -0.1) is 0 Å². The number of anilines is 1. The summed E-state index contributed by atoms with van der Waals surface area (Å²) < 4.78 is 1.03. The molecular formula is C15H16BrNO2. The van der Waals surface area contributed by atoms with Gasteiger partial charge in [0.1, 0.15) is 11.5 Å². The first-order valence-electron chi connectivity index (χ1n) is 6.02. The maximum atomic E-state index is 9.82. The Balaban J connectivity index is 2.22. The van der Waals surface area contributed by atoms with Gasteiger partial charge in [0.25, 0.3) is 0 Å². The predicted molar refractivity (Wildman–Crippen MR) is 80.7 cm³/mol. The average Bonchev–Trinajstić information content (AvgIpc) is 2.36. The zero-order chi connectivity index (χ0) is 14.0. The van der Waals surface area contributed by atoms with Gasteiger partial charge in [0, 0.05) is 15.7 Å². The van der Waals surface area contributed by atoms with Gasteiger partial charge in [0.2, 0.25) is 0 Å². The molecule has 1 unspecified atom stereocenters. The van der Waals surface area contributed by atoms with Crippen molar-refractivity contribution in [3.8, 4) is 11.5 Å². The molecule has 2 aromatic carbocycles. The number of aromatic hydroxyl groups is 2.